The van der Waals surface area contributed by atoms with E-state index >= 15 is 0 Å². The number of ether oxygens (including phenoxy) is 1. The molecule has 1 aromatic rings. The Morgan fingerprint density at radius 2 is 1.64 bits per heavy atom. The maximum atomic E-state index is 5.96. The van der Waals surface area contributed by atoms with Crippen molar-refractivity contribution in [1.82, 2.24) is 9.80 Å². The fourth-order valence-corrected chi connectivity index (χ4v) is 3.82. The molecular formula is C17H24ClN3O. The molecule has 0 amide bonds. The lowest BCUT2D eigenvalue weighted by Gasteiger charge is -2.35. The van der Waals surface area contributed by atoms with Crippen LogP contribution in [0, 0.1) is 0 Å². The maximum absolute atomic E-state index is 5.96. The number of hydrogen-bond donors (Lipinski definition) is 0. The summed E-state index contributed by atoms with van der Waals surface area (Å²) in [6, 6.07) is 8.17. The van der Waals surface area contributed by atoms with Gasteiger partial charge in [0.15, 0.2) is 0 Å². The van der Waals surface area contributed by atoms with Gasteiger partial charge in [-0.1, -0.05) is 11.6 Å². The number of benzene rings is 1. The van der Waals surface area contributed by atoms with Crippen LogP contribution >= 0.6 is 11.6 Å². The van der Waals surface area contributed by atoms with Gasteiger partial charge in [-0.05, 0) is 50.2 Å². The van der Waals surface area contributed by atoms with E-state index in [4.69, 9.17) is 16.3 Å². The number of anilines is 1. The quantitative estimate of drug-likeness (QED) is 0.793. The zero-order chi connectivity index (χ0) is 14.9. The number of piperazine rings is 1. The topological polar surface area (TPSA) is 22.2 Å². The highest BCUT2D eigenvalue weighted by molar-refractivity contribution is 6.30. The predicted molar refractivity (Wildman–Crippen MR) is 89.6 cm³/mol. The molecule has 2 unspecified atom stereocenters. The summed E-state index contributed by atoms with van der Waals surface area (Å²) in [6.45, 7) is 7.96. The standard InChI is InChI=1S/C17H24ClN3O/c18-14-3-5-15(6-4-14)20-9-11-21(12-10-20)17-16(22-17)13-19-7-1-2-8-19/h3-6,16-17H,1-2,7-13H2. The molecule has 0 saturated carbocycles. The van der Waals surface area contributed by atoms with E-state index in [1.54, 1.807) is 0 Å². The van der Waals surface area contributed by atoms with Gasteiger partial charge in [0.25, 0.3) is 0 Å². The lowest BCUT2D eigenvalue weighted by Crippen LogP contribution is -2.48. The number of epoxide rings is 1. The lowest BCUT2D eigenvalue weighted by atomic mass is 10.2. The minimum absolute atomic E-state index is 0.368. The Morgan fingerprint density at radius 1 is 0.955 bits per heavy atom. The minimum Gasteiger partial charge on any atom is -0.369 e. The Morgan fingerprint density at radius 3 is 2.32 bits per heavy atom. The summed E-state index contributed by atoms with van der Waals surface area (Å²) in [5, 5.41) is 0.804. The summed E-state index contributed by atoms with van der Waals surface area (Å²) in [5.74, 6) is 0. The van der Waals surface area contributed by atoms with Crippen molar-refractivity contribution in [1.29, 1.82) is 0 Å². The molecule has 0 radical (unpaired) electrons. The van der Waals surface area contributed by atoms with Crippen LogP contribution in [0.25, 0.3) is 0 Å². The van der Waals surface area contributed by atoms with Crippen molar-refractivity contribution in [2.24, 2.45) is 0 Å². The third-order valence-electron chi connectivity index (χ3n) is 5.06. The Bertz CT molecular complexity index is 495. The van der Waals surface area contributed by atoms with Crippen LogP contribution in [0.1, 0.15) is 12.8 Å². The summed E-state index contributed by atoms with van der Waals surface area (Å²) in [6.07, 6.45) is 3.53. The van der Waals surface area contributed by atoms with Gasteiger partial charge in [0.2, 0.25) is 0 Å². The first-order chi connectivity index (χ1) is 10.8. The summed E-state index contributed by atoms with van der Waals surface area (Å²) in [7, 11) is 0. The molecule has 0 aliphatic carbocycles. The van der Waals surface area contributed by atoms with Gasteiger partial charge in [-0.3, -0.25) is 4.90 Å². The Labute approximate surface area is 137 Å². The van der Waals surface area contributed by atoms with Crippen molar-refractivity contribution in [3.05, 3.63) is 29.3 Å². The highest BCUT2D eigenvalue weighted by atomic mass is 35.5. The number of rotatable bonds is 4. The van der Waals surface area contributed by atoms with Crippen LogP contribution < -0.4 is 4.90 Å². The molecule has 0 aromatic heterocycles. The molecule has 2 atom stereocenters. The molecule has 3 heterocycles. The van der Waals surface area contributed by atoms with E-state index in [-0.39, 0.29) is 0 Å². The molecule has 5 heteroatoms. The molecule has 120 valence electrons. The molecule has 3 saturated heterocycles. The van der Waals surface area contributed by atoms with E-state index in [9.17, 15) is 0 Å². The van der Waals surface area contributed by atoms with Gasteiger partial charge in [0, 0.05) is 43.4 Å². The van der Waals surface area contributed by atoms with Crippen molar-refractivity contribution in [2.75, 3.05) is 50.7 Å². The predicted octanol–water partition coefficient (Wildman–Crippen LogP) is 2.28. The van der Waals surface area contributed by atoms with E-state index in [1.165, 1.54) is 31.6 Å². The fraction of sp³-hybridized carbons (Fsp3) is 0.647. The van der Waals surface area contributed by atoms with E-state index < -0.39 is 0 Å². The zero-order valence-electron chi connectivity index (χ0n) is 13.0. The minimum atomic E-state index is 0.368. The second-order valence-electron chi connectivity index (χ2n) is 6.57. The number of hydrogen-bond acceptors (Lipinski definition) is 4. The molecular weight excluding hydrogens is 298 g/mol. The first-order valence-corrected chi connectivity index (χ1v) is 8.80. The van der Waals surface area contributed by atoms with Crippen molar-refractivity contribution >= 4 is 17.3 Å². The Hall–Kier alpha value is -0.810. The summed E-state index contributed by atoms with van der Waals surface area (Å²) in [5.41, 5.74) is 1.27. The molecule has 4 rings (SSSR count). The Kier molecular flexibility index (Phi) is 4.27. The highest BCUT2D eigenvalue weighted by Crippen LogP contribution is 2.29. The van der Waals surface area contributed by atoms with Gasteiger partial charge in [-0.25, -0.2) is 0 Å². The van der Waals surface area contributed by atoms with Crippen LogP contribution in [0.5, 0.6) is 0 Å². The van der Waals surface area contributed by atoms with Crippen molar-refractivity contribution < 1.29 is 4.74 Å². The van der Waals surface area contributed by atoms with Crippen molar-refractivity contribution in [3.8, 4) is 0 Å². The molecule has 3 aliphatic heterocycles. The third kappa shape index (κ3) is 3.25. The number of nitrogens with zero attached hydrogens (tertiary/aromatic N) is 3. The largest absolute Gasteiger partial charge is 0.369 e. The second-order valence-corrected chi connectivity index (χ2v) is 7.01. The fourth-order valence-electron chi connectivity index (χ4n) is 3.69. The highest BCUT2D eigenvalue weighted by Gasteiger charge is 2.45. The van der Waals surface area contributed by atoms with Gasteiger partial charge < -0.3 is 14.5 Å². The Balaban J connectivity index is 1.25. The monoisotopic (exact) mass is 321 g/mol. The lowest BCUT2D eigenvalue weighted by molar-refractivity contribution is 0.166. The van der Waals surface area contributed by atoms with Crippen LogP contribution in [0.3, 0.4) is 0 Å². The van der Waals surface area contributed by atoms with Gasteiger partial charge in [0.05, 0.1) is 0 Å². The molecule has 0 N–H and O–H groups in total. The number of halogens is 1. The van der Waals surface area contributed by atoms with Gasteiger partial charge >= 0.3 is 0 Å². The number of likely N-dealkylation sites (tertiary alicyclic amines) is 1. The van der Waals surface area contributed by atoms with Crippen LogP contribution in [0.2, 0.25) is 5.02 Å². The van der Waals surface area contributed by atoms with Crippen LogP contribution in [-0.4, -0.2) is 67.9 Å². The van der Waals surface area contributed by atoms with Gasteiger partial charge in [0.1, 0.15) is 12.3 Å². The SMILES string of the molecule is Clc1ccc(N2CCN(C3OC3CN3CCCC3)CC2)cc1. The van der Waals surface area contributed by atoms with E-state index in [0.717, 1.165) is 37.7 Å². The van der Waals surface area contributed by atoms with Gasteiger partial charge in [-0.2, -0.15) is 0 Å². The zero-order valence-corrected chi connectivity index (χ0v) is 13.7. The smallest absolute Gasteiger partial charge is 0.139 e. The normalized spacial score (nSPS) is 30.0. The molecule has 3 aliphatic rings. The second kappa shape index (κ2) is 6.36. The first kappa shape index (κ1) is 14.8. The average Bonchev–Trinajstić information content (AvgIpc) is 3.11. The third-order valence-corrected chi connectivity index (χ3v) is 5.31. The molecule has 0 spiro atoms. The summed E-state index contributed by atoms with van der Waals surface area (Å²) >= 11 is 5.96. The van der Waals surface area contributed by atoms with Crippen molar-refractivity contribution in [2.45, 2.75) is 25.2 Å². The van der Waals surface area contributed by atoms with Gasteiger partial charge in [-0.15, -0.1) is 0 Å². The maximum Gasteiger partial charge on any atom is 0.139 e. The van der Waals surface area contributed by atoms with E-state index in [0.29, 0.717) is 12.3 Å². The van der Waals surface area contributed by atoms with Crippen LogP contribution in [0.15, 0.2) is 24.3 Å². The van der Waals surface area contributed by atoms with Crippen molar-refractivity contribution in [3.63, 3.8) is 0 Å². The van der Waals surface area contributed by atoms with E-state index in [2.05, 4.69) is 26.8 Å². The molecule has 3 fully saturated rings. The molecule has 4 nitrogen and oxygen atoms in total. The summed E-state index contributed by atoms with van der Waals surface area (Å²) in [4.78, 5) is 7.49. The van der Waals surface area contributed by atoms with Crippen LogP contribution in [-0.2, 0) is 4.74 Å². The van der Waals surface area contributed by atoms with Crippen LogP contribution in [0.4, 0.5) is 5.69 Å². The van der Waals surface area contributed by atoms with E-state index in [1.807, 2.05) is 12.1 Å². The molecule has 0 bridgehead atoms. The summed E-state index contributed by atoms with van der Waals surface area (Å²) < 4.78 is 5.92. The molecule has 22 heavy (non-hydrogen) atoms. The average molecular weight is 322 g/mol. The molecule has 1 aromatic carbocycles. The first-order valence-electron chi connectivity index (χ1n) is 8.42.